The summed E-state index contributed by atoms with van der Waals surface area (Å²) in [5, 5.41) is 56.4. The summed E-state index contributed by atoms with van der Waals surface area (Å²) in [6.45, 7) is -0.0285. The number of aromatic nitrogens is 1. The van der Waals surface area contributed by atoms with Crippen LogP contribution >= 0.6 is 0 Å². The third-order valence-electron chi connectivity index (χ3n) is 13.7. The Labute approximate surface area is 337 Å². The molecule has 10 nitrogen and oxygen atoms in total. The second-order valence-corrected chi connectivity index (χ2v) is 16.7. The van der Waals surface area contributed by atoms with Gasteiger partial charge in [0, 0.05) is 36.2 Å². The van der Waals surface area contributed by atoms with Crippen LogP contribution in [0.2, 0.25) is 0 Å². The summed E-state index contributed by atoms with van der Waals surface area (Å²) in [7, 11) is 0. The van der Waals surface area contributed by atoms with Crippen molar-refractivity contribution in [3.8, 4) is 34.5 Å². The molecule has 0 spiro atoms. The molecule has 4 aliphatic rings. The van der Waals surface area contributed by atoms with Crippen LogP contribution in [0, 0.1) is 35.5 Å². The van der Waals surface area contributed by atoms with Gasteiger partial charge in [-0.15, -0.1) is 0 Å². The number of phenols is 4. The van der Waals surface area contributed by atoms with Crippen molar-refractivity contribution in [2.45, 2.75) is 62.6 Å². The lowest BCUT2D eigenvalue weighted by molar-refractivity contribution is -0.137. The van der Waals surface area contributed by atoms with Crippen LogP contribution in [-0.4, -0.2) is 49.1 Å². The van der Waals surface area contributed by atoms with Crippen LogP contribution < -0.4 is 15.2 Å². The van der Waals surface area contributed by atoms with E-state index in [9.17, 15) is 30.3 Å². The first-order valence-corrected chi connectivity index (χ1v) is 20.4. The molecule has 0 unspecified atom stereocenters. The van der Waals surface area contributed by atoms with Crippen molar-refractivity contribution in [2.75, 3.05) is 6.73 Å². The monoisotopic (exact) mass is 782 g/mol. The molecule has 58 heavy (non-hydrogen) atoms. The number of nitrogens with two attached hydrogens (primary N) is 1. The minimum absolute atomic E-state index is 0.0107. The van der Waals surface area contributed by atoms with Crippen molar-refractivity contribution < 1.29 is 39.8 Å². The number of hydrogen-bond acceptors (Lipinski definition) is 9. The molecule has 0 aliphatic heterocycles. The highest BCUT2D eigenvalue weighted by Gasteiger charge is 2.61. The van der Waals surface area contributed by atoms with Crippen LogP contribution in [0.5, 0.6) is 34.5 Å². The topological polar surface area (TPSA) is 178 Å². The predicted octanol–water partition coefficient (Wildman–Crippen LogP) is 7.56. The second-order valence-electron chi connectivity index (χ2n) is 16.7. The first-order valence-electron chi connectivity index (χ1n) is 20.4. The van der Waals surface area contributed by atoms with Crippen molar-refractivity contribution in [3.63, 3.8) is 0 Å². The van der Waals surface area contributed by atoms with Gasteiger partial charge in [-0.2, -0.15) is 0 Å². The van der Waals surface area contributed by atoms with E-state index in [0.29, 0.717) is 18.4 Å². The summed E-state index contributed by atoms with van der Waals surface area (Å²) < 4.78 is 11.9. The van der Waals surface area contributed by atoms with E-state index in [2.05, 4.69) is 35.3 Å². The number of nitrogens with one attached hydrogen (secondary N) is 1. The highest BCUT2D eigenvalue weighted by Crippen LogP contribution is 2.68. The number of hydrogen-bond donors (Lipinski definition) is 7. The number of ether oxygens (including phenoxy) is 2. The van der Waals surface area contributed by atoms with Crippen LogP contribution in [0.4, 0.5) is 0 Å². The van der Waals surface area contributed by atoms with Gasteiger partial charge < -0.3 is 40.0 Å². The fourth-order valence-electron chi connectivity index (χ4n) is 11.4. The van der Waals surface area contributed by atoms with Crippen LogP contribution in [0.3, 0.4) is 0 Å². The summed E-state index contributed by atoms with van der Waals surface area (Å²) in [6.07, 6.45) is 10.2. The summed E-state index contributed by atoms with van der Waals surface area (Å²) in [5.41, 5.74) is 11.1. The molecule has 1 aromatic heterocycles. The number of ketones is 1. The van der Waals surface area contributed by atoms with Crippen LogP contribution in [0.25, 0.3) is 0 Å². The van der Waals surface area contributed by atoms with Gasteiger partial charge in [-0.05, 0) is 131 Å². The number of phenolic OH excluding ortho intramolecular Hbond substituents is 4. The lowest BCUT2D eigenvalue weighted by atomic mass is 9.52. The van der Waals surface area contributed by atoms with E-state index in [1.54, 1.807) is 42.5 Å². The number of allylic oxidation sites excluding steroid dienone is 2. The van der Waals surface area contributed by atoms with E-state index in [1.807, 2.05) is 36.7 Å². The molecule has 0 radical (unpaired) electrons. The number of aliphatic hydroxyl groups excluding tert-OH is 1. The maximum Gasteiger partial charge on any atom is 0.200 e. The Bertz CT molecular complexity index is 2310. The molecule has 1 saturated carbocycles. The van der Waals surface area contributed by atoms with Crippen molar-refractivity contribution in [2.24, 2.45) is 41.2 Å². The number of aromatic amines is 1. The number of fused-ring (bicyclic) bond motifs is 2. The largest absolute Gasteiger partial charge is 0.508 e. The van der Waals surface area contributed by atoms with E-state index < -0.39 is 12.0 Å². The zero-order chi connectivity index (χ0) is 40.1. The molecule has 0 saturated heterocycles. The van der Waals surface area contributed by atoms with E-state index in [0.717, 1.165) is 35.1 Å². The minimum Gasteiger partial charge on any atom is -0.508 e. The second kappa shape index (κ2) is 15.6. The van der Waals surface area contributed by atoms with Gasteiger partial charge in [-0.25, -0.2) is 0 Å². The Morgan fingerprint density at radius 3 is 2.43 bits per heavy atom. The van der Waals surface area contributed by atoms with Gasteiger partial charge >= 0.3 is 0 Å². The lowest BCUT2D eigenvalue weighted by Crippen LogP contribution is -2.52. The smallest absolute Gasteiger partial charge is 0.200 e. The Kier molecular flexibility index (Phi) is 10.2. The van der Waals surface area contributed by atoms with Crippen molar-refractivity contribution >= 4 is 5.78 Å². The molecule has 1 heterocycles. The normalized spacial score (nSPS) is 28.0. The average Bonchev–Trinajstić information content (AvgIpc) is 3.68. The van der Waals surface area contributed by atoms with Gasteiger partial charge in [-0.1, -0.05) is 60.7 Å². The molecule has 5 aromatic rings. The molecule has 4 aromatic carbocycles. The van der Waals surface area contributed by atoms with E-state index >= 15 is 0 Å². The quantitative estimate of drug-likeness (QED) is 0.0382. The molecule has 9 rings (SSSR count). The Morgan fingerprint density at radius 1 is 0.828 bits per heavy atom. The van der Waals surface area contributed by atoms with Crippen LogP contribution in [-0.2, 0) is 24.2 Å². The number of benzene rings is 4. The molecular weight excluding hydrogens is 733 g/mol. The fraction of sp³-hybridized carbons (Fsp3) is 0.354. The van der Waals surface area contributed by atoms with Crippen LogP contribution in [0.1, 0.15) is 70.4 Å². The van der Waals surface area contributed by atoms with Gasteiger partial charge in [0.25, 0.3) is 0 Å². The number of Topliss-reactive ketones (excluding diaryl/α,β-unsaturated/α-hetero) is 1. The summed E-state index contributed by atoms with van der Waals surface area (Å²) >= 11 is 0. The van der Waals surface area contributed by atoms with E-state index in [4.69, 9.17) is 15.2 Å². The average molecular weight is 783 g/mol. The Hall–Kier alpha value is -5.71. The standard InChI is InChI=1S/C48H50N2O8/c49-25-58-41-19-27(10-14-39(41)53)9-13-38(52)36-21-35-32(29-15-16-50-23-29)11-12-33-34-20-30(17-26-5-2-1-3-6-26)42(45(43(33)35)46(36)55)37-22-40(54)47(56)48(44(34)37)57-24-28-7-4-8-31(51)18-28/h1-8,10-12,14-16,18-19,22-23,30,32-36,42-43,45-46,50-51,53-56H,9,13,17,20-21,24-25,49H2/t30-,32-,33-,34+,35-,36+,42+,43-,45+,46+/m1/s1. The summed E-state index contributed by atoms with van der Waals surface area (Å²) in [4.78, 5) is 17.8. The van der Waals surface area contributed by atoms with Gasteiger partial charge in [-0.3, -0.25) is 10.5 Å². The number of carbonyl (C=O) groups is 1. The summed E-state index contributed by atoms with van der Waals surface area (Å²) in [6, 6.07) is 25.9. The molecular formula is C48H50N2O8. The Balaban J connectivity index is 1.15. The molecule has 8 N–H and O–H groups in total. The summed E-state index contributed by atoms with van der Waals surface area (Å²) in [5.74, 6) is -1.35. The first-order chi connectivity index (χ1) is 28.2. The highest BCUT2D eigenvalue weighted by molar-refractivity contribution is 5.82. The number of aliphatic hydroxyl groups is 1. The van der Waals surface area contributed by atoms with Gasteiger partial charge in [0.05, 0.1) is 6.10 Å². The first kappa shape index (κ1) is 37.8. The molecule has 300 valence electrons. The predicted molar refractivity (Wildman–Crippen MR) is 218 cm³/mol. The zero-order valence-corrected chi connectivity index (χ0v) is 32.2. The maximum atomic E-state index is 14.6. The van der Waals surface area contributed by atoms with Crippen molar-refractivity contribution in [1.29, 1.82) is 0 Å². The number of rotatable bonds is 12. The minimum atomic E-state index is -0.967. The van der Waals surface area contributed by atoms with Crippen molar-refractivity contribution in [1.82, 2.24) is 4.98 Å². The maximum absolute atomic E-state index is 14.6. The van der Waals surface area contributed by atoms with Crippen molar-refractivity contribution in [3.05, 3.63) is 143 Å². The lowest BCUT2D eigenvalue weighted by Gasteiger charge is -2.52. The van der Waals surface area contributed by atoms with Gasteiger partial charge in [0.1, 0.15) is 24.9 Å². The third-order valence-corrected chi connectivity index (χ3v) is 13.7. The number of aryl methyl sites for hydroxylation is 1. The fourth-order valence-corrected chi connectivity index (χ4v) is 11.4. The Morgan fingerprint density at radius 2 is 1.66 bits per heavy atom. The molecule has 4 aliphatic carbocycles. The molecule has 1 fully saturated rings. The molecule has 0 amide bonds. The number of carbonyl (C=O) groups excluding carboxylic acids is 1. The molecule has 2 bridgehead atoms. The molecule has 10 heteroatoms. The number of aromatic hydroxyl groups is 4. The van der Waals surface area contributed by atoms with Gasteiger partial charge in [0.2, 0.25) is 5.75 Å². The third kappa shape index (κ3) is 6.78. The highest BCUT2D eigenvalue weighted by atomic mass is 16.5. The van der Waals surface area contributed by atoms with Gasteiger partial charge in [0.15, 0.2) is 23.0 Å². The zero-order valence-electron chi connectivity index (χ0n) is 32.2. The van der Waals surface area contributed by atoms with E-state index in [1.165, 1.54) is 5.56 Å². The van der Waals surface area contributed by atoms with E-state index in [-0.39, 0.29) is 107 Å². The number of H-pyrrole nitrogens is 1. The molecule has 10 atom stereocenters. The SMILES string of the molecule is NCOc1cc(CCC(=O)[C@@H]2C[C@H]3[C@H]4[C@H](C=C[C@@H]3c3cc[nH]c3)[C@@H]3C[C@@H](Cc5ccccc5)[C@@H](c5cc(O)c(O)c(OCc6cccc(O)c6)c53)[C@@H]4[C@H]2O)ccc1O. The van der Waals surface area contributed by atoms with Crippen LogP contribution in [0.15, 0.2) is 109 Å².